The van der Waals surface area contributed by atoms with Crippen molar-refractivity contribution in [2.24, 2.45) is 0 Å². The fourth-order valence-corrected chi connectivity index (χ4v) is 1.86. The van der Waals surface area contributed by atoms with Crippen LogP contribution >= 0.6 is 0 Å². The summed E-state index contributed by atoms with van der Waals surface area (Å²) in [6, 6.07) is 1.94. The number of methoxy groups -OCH3 is 1. The molecular formula is C14H21N5O2. The maximum Gasteiger partial charge on any atom is 0.231 e. The van der Waals surface area contributed by atoms with Crippen molar-refractivity contribution >= 4 is 0 Å². The molecular weight excluding hydrogens is 270 g/mol. The molecule has 0 aliphatic carbocycles. The summed E-state index contributed by atoms with van der Waals surface area (Å²) in [6.45, 7) is 7.27. The van der Waals surface area contributed by atoms with E-state index in [0.29, 0.717) is 23.3 Å². The van der Waals surface area contributed by atoms with E-state index in [4.69, 9.17) is 9.26 Å². The normalized spacial score (nSPS) is 13.9. The summed E-state index contributed by atoms with van der Waals surface area (Å²) in [5.41, 5.74) is 0.582. The van der Waals surface area contributed by atoms with Gasteiger partial charge in [-0.3, -0.25) is 0 Å². The minimum absolute atomic E-state index is 0.126. The minimum atomic E-state index is 0.126. The van der Waals surface area contributed by atoms with Gasteiger partial charge in [-0.2, -0.15) is 4.98 Å². The zero-order valence-corrected chi connectivity index (χ0v) is 12.8. The molecule has 1 N–H and O–H groups in total. The molecule has 0 saturated carbocycles. The Morgan fingerprint density at radius 3 is 2.86 bits per heavy atom. The molecule has 0 radical (unpaired) electrons. The van der Waals surface area contributed by atoms with E-state index in [1.54, 1.807) is 13.2 Å². The van der Waals surface area contributed by atoms with Crippen LogP contribution in [0.5, 0.6) is 5.88 Å². The zero-order chi connectivity index (χ0) is 15.2. The lowest BCUT2D eigenvalue weighted by Gasteiger charge is -2.17. The number of hydrogen-bond donors (Lipinski definition) is 1. The van der Waals surface area contributed by atoms with Crippen LogP contribution in [-0.4, -0.2) is 39.8 Å². The first-order valence-electron chi connectivity index (χ1n) is 7.09. The first-order valence-corrected chi connectivity index (χ1v) is 7.09. The molecule has 2 rings (SSSR count). The number of rotatable bonds is 7. The van der Waals surface area contributed by atoms with Gasteiger partial charge in [-0.25, -0.2) is 9.97 Å². The smallest absolute Gasteiger partial charge is 0.231 e. The maximum absolute atomic E-state index is 5.35. The second-order valence-corrected chi connectivity index (χ2v) is 4.93. The van der Waals surface area contributed by atoms with Crippen molar-refractivity contribution in [1.82, 2.24) is 25.4 Å². The van der Waals surface area contributed by atoms with Crippen molar-refractivity contribution in [3.05, 3.63) is 18.3 Å². The van der Waals surface area contributed by atoms with Crippen molar-refractivity contribution in [1.29, 1.82) is 0 Å². The molecule has 2 heterocycles. The monoisotopic (exact) mass is 291 g/mol. The molecule has 0 amide bonds. The quantitative estimate of drug-likeness (QED) is 0.835. The van der Waals surface area contributed by atoms with Gasteiger partial charge in [0.25, 0.3) is 0 Å². The van der Waals surface area contributed by atoms with Gasteiger partial charge in [-0.1, -0.05) is 19.0 Å². The van der Waals surface area contributed by atoms with Crippen LogP contribution in [0.15, 0.2) is 16.9 Å². The van der Waals surface area contributed by atoms with E-state index in [0.717, 1.165) is 13.0 Å². The van der Waals surface area contributed by atoms with Crippen LogP contribution in [0.25, 0.3) is 11.5 Å². The number of ether oxygens (including phenoxy) is 1. The zero-order valence-electron chi connectivity index (χ0n) is 12.8. The molecule has 0 spiro atoms. The standard InChI is InChI=1S/C14H21N5O2/c1-5-6-15-10(3)9(2)14-18-13(19-21-14)11-7-12(20-4)17-8-16-11/h7-10,15H,5-6H2,1-4H3. The Morgan fingerprint density at radius 1 is 1.33 bits per heavy atom. The lowest BCUT2D eigenvalue weighted by atomic mass is 10.0. The molecule has 2 aromatic rings. The van der Waals surface area contributed by atoms with Gasteiger partial charge in [0, 0.05) is 12.1 Å². The van der Waals surface area contributed by atoms with Gasteiger partial charge in [0.2, 0.25) is 17.6 Å². The highest BCUT2D eigenvalue weighted by Crippen LogP contribution is 2.22. The molecule has 114 valence electrons. The summed E-state index contributed by atoms with van der Waals surface area (Å²) >= 11 is 0. The van der Waals surface area contributed by atoms with E-state index >= 15 is 0 Å². The summed E-state index contributed by atoms with van der Waals surface area (Å²) in [5.74, 6) is 1.64. The largest absolute Gasteiger partial charge is 0.481 e. The highest BCUT2D eigenvalue weighted by Gasteiger charge is 2.21. The SMILES string of the molecule is CCCNC(C)C(C)c1nc(-c2cc(OC)ncn2)no1. The molecule has 0 bridgehead atoms. The van der Waals surface area contributed by atoms with E-state index in [1.807, 2.05) is 0 Å². The van der Waals surface area contributed by atoms with E-state index < -0.39 is 0 Å². The van der Waals surface area contributed by atoms with Gasteiger partial charge >= 0.3 is 0 Å². The second kappa shape index (κ2) is 7.12. The van der Waals surface area contributed by atoms with Crippen molar-refractivity contribution in [3.63, 3.8) is 0 Å². The molecule has 7 nitrogen and oxygen atoms in total. The molecule has 0 saturated heterocycles. The molecule has 7 heteroatoms. The minimum Gasteiger partial charge on any atom is -0.481 e. The predicted octanol–water partition coefficient (Wildman–Crippen LogP) is 2.03. The number of aromatic nitrogens is 4. The van der Waals surface area contributed by atoms with E-state index in [9.17, 15) is 0 Å². The number of hydrogen-bond acceptors (Lipinski definition) is 7. The lowest BCUT2D eigenvalue weighted by molar-refractivity contribution is 0.331. The third kappa shape index (κ3) is 3.75. The third-order valence-corrected chi connectivity index (χ3v) is 3.38. The fourth-order valence-electron chi connectivity index (χ4n) is 1.86. The topological polar surface area (TPSA) is 86.0 Å². The van der Waals surface area contributed by atoms with Crippen molar-refractivity contribution in [3.8, 4) is 17.4 Å². The lowest BCUT2D eigenvalue weighted by Crippen LogP contribution is -2.31. The highest BCUT2D eigenvalue weighted by molar-refractivity contribution is 5.49. The predicted molar refractivity (Wildman–Crippen MR) is 78.0 cm³/mol. The van der Waals surface area contributed by atoms with Gasteiger partial charge < -0.3 is 14.6 Å². The van der Waals surface area contributed by atoms with Crippen molar-refractivity contribution in [2.45, 2.75) is 39.2 Å². The van der Waals surface area contributed by atoms with E-state index in [-0.39, 0.29) is 12.0 Å². The van der Waals surface area contributed by atoms with Crippen molar-refractivity contribution in [2.75, 3.05) is 13.7 Å². The Balaban J connectivity index is 2.13. The Morgan fingerprint density at radius 2 is 2.14 bits per heavy atom. The second-order valence-electron chi connectivity index (χ2n) is 4.93. The molecule has 2 aromatic heterocycles. The summed E-state index contributed by atoms with van der Waals surface area (Å²) in [4.78, 5) is 12.5. The van der Waals surface area contributed by atoms with Crippen LogP contribution in [0.1, 0.15) is 39.0 Å². The molecule has 2 unspecified atom stereocenters. The molecule has 2 atom stereocenters. The fraction of sp³-hybridized carbons (Fsp3) is 0.571. The summed E-state index contributed by atoms with van der Waals surface area (Å²) in [6.07, 6.45) is 2.51. The summed E-state index contributed by atoms with van der Waals surface area (Å²) < 4.78 is 10.4. The van der Waals surface area contributed by atoms with Gasteiger partial charge in [0.15, 0.2) is 0 Å². The number of nitrogens with zero attached hydrogens (tertiary/aromatic N) is 4. The number of nitrogens with one attached hydrogen (secondary N) is 1. The average Bonchev–Trinajstić information content (AvgIpc) is 3.01. The van der Waals surface area contributed by atoms with E-state index in [2.05, 4.69) is 46.2 Å². The maximum atomic E-state index is 5.35. The van der Waals surface area contributed by atoms with Crippen LogP contribution in [0.3, 0.4) is 0 Å². The summed E-state index contributed by atoms with van der Waals surface area (Å²) in [5, 5.41) is 7.41. The molecule has 0 aliphatic heterocycles. The average molecular weight is 291 g/mol. The Kier molecular flexibility index (Phi) is 5.21. The van der Waals surface area contributed by atoms with Crippen molar-refractivity contribution < 1.29 is 9.26 Å². The van der Waals surface area contributed by atoms with Gasteiger partial charge in [0.1, 0.15) is 12.0 Å². The molecule has 0 aliphatic rings. The van der Waals surface area contributed by atoms with Gasteiger partial charge in [-0.15, -0.1) is 0 Å². The Labute approximate surface area is 124 Å². The first kappa shape index (κ1) is 15.4. The van der Waals surface area contributed by atoms with Crippen LogP contribution in [-0.2, 0) is 0 Å². The van der Waals surface area contributed by atoms with Gasteiger partial charge in [-0.05, 0) is 19.9 Å². The molecule has 0 aromatic carbocycles. The van der Waals surface area contributed by atoms with E-state index in [1.165, 1.54) is 6.33 Å². The third-order valence-electron chi connectivity index (χ3n) is 3.38. The Hall–Kier alpha value is -2.02. The van der Waals surface area contributed by atoms with Crippen LogP contribution < -0.4 is 10.1 Å². The molecule has 0 fully saturated rings. The van der Waals surface area contributed by atoms with Crippen LogP contribution in [0.4, 0.5) is 0 Å². The van der Waals surface area contributed by atoms with Gasteiger partial charge in [0.05, 0.1) is 13.0 Å². The van der Waals surface area contributed by atoms with Crippen LogP contribution in [0, 0.1) is 0 Å². The van der Waals surface area contributed by atoms with Crippen LogP contribution in [0.2, 0.25) is 0 Å². The Bertz CT molecular complexity index is 572. The highest BCUT2D eigenvalue weighted by atomic mass is 16.5. The molecule has 21 heavy (non-hydrogen) atoms. The summed E-state index contributed by atoms with van der Waals surface area (Å²) in [7, 11) is 1.55. The first-order chi connectivity index (χ1) is 10.2.